The second-order valence-corrected chi connectivity index (χ2v) is 6.02. The Morgan fingerprint density at radius 3 is 2.39 bits per heavy atom. The van der Waals surface area contributed by atoms with Crippen LogP contribution in [0.15, 0.2) is 0 Å². The molecule has 1 saturated heterocycles. The van der Waals surface area contributed by atoms with E-state index in [0.29, 0.717) is 25.9 Å². The summed E-state index contributed by atoms with van der Waals surface area (Å²) in [7, 11) is 0. The number of terminal acetylenes is 1. The summed E-state index contributed by atoms with van der Waals surface area (Å²) >= 11 is 0. The van der Waals surface area contributed by atoms with E-state index in [4.69, 9.17) is 11.2 Å². The van der Waals surface area contributed by atoms with Gasteiger partial charge < -0.3 is 9.64 Å². The van der Waals surface area contributed by atoms with Crippen molar-refractivity contribution in [3.63, 3.8) is 0 Å². The van der Waals surface area contributed by atoms with E-state index < -0.39 is 11.0 Å². The molecule has 1 rings (SSSR count). The van der Waals surface area contributed by atoms with Crippen molar-refractivity contribution in [3.05, 3.63) is 0 Å². The first-order chi connectivity index (χ1) is 8.18. The zero-order valence-corrected chi connectivity index (χ0v) is 11.6. The van der Waals surface area contributed by atoms with E-state index >= 15 is 0 Å². The molecule has 0 aromatic carbocycles. The van der Waals surface area contributed by atoms with Gasteiger partial charge in [0.2, 0.25) is 0 Å². The van der Waals surface area contributed by atoms with Gasteiger partial charge in [-0.1, -0.05) is 0 Å². The molecule has 0 atom stereocenters. The van der Waals surface area contributed by atoms with Gasteiger partial charge in [-0.25, -0.2) is 4.79 Å². The minimum absolute atomic E-state index is 0.125. The molecule has 0 aromatic rings. The topological polar surface area (TPSA) is 46.6 Å². The number of nitrogens with zero attached hydrogens (tertiary/aromatic N) is 1. The molecule has 1 fully saturated rings. The number of carbonyl (C=O) groups excluding carboxylic acids is 2. The van der Waals surface area contributed by atoms with Crippen molar-refractivity contribution >= 4 is 11.9 Å². The van der Waals surface area contributed by atoms with Crippen LogP contribution in [-0.4, -0.2) is 35.5 Å². The quantitative estimate of drug-likeness (QED) is 0.723. The number of hydrogen-bond donors (Lipinski definition) is 0. The van der Waals surface area contributed by atoms with Crippen LogP contribution in [0.1, 0.15) is 40.5 Å². The second-order valence-electron chi connectivity index (χ2n) is 6.02. The van der Waals surface area contributed by atoms with Crippen LogP contribution in [0.4, 0.5) is 4.79 Å². The van der Waals surface area contributed by atoms with Crippen LogP contribution >= 0.6 is 0 Å². The summed E-state index contributed by atoms with van der Waals surface area (Å²) in [6.07, 6.45) is 5.62. The average molecular weight is 251 g/mol. The van der Waals surface area contributed by atoms with Crippen LogP contribution in [0.5, 0.6) is 0 Å². The predicted octanol–water partition coefficient (Wildman–Crippen LogP) is 2.23. The molecule has 0 spiro atoms. The molecule has 4 nitrogen and oxygen atoms in total. The van der Waals surface area contributed by atoms with Crippen molar-refractivity contribution in [3.8, 4) is 12.3 Å². The van der Waals surface area contributed by atoms with Crippen LogP contribution in [0.2, 0.25) is 0 Å². The molecule has 0 saturated carbocycles. The Kier molecular flexibility index (Phi) is 4.05. The molecule has 0 aliphatic carbocycles. The lowest BCUT2D eigenvalue weighted by Crippen LogP contribution is -2.61. The zero-order valence-electron chi connectivity index (χ0n) is 11.6. The van der Waals surface area contributed by atoms with Gasteiger partial charge in [-0.15, -0.1) is 12.3 Å². The van der Waals surface area contributed by atoms with E-state index in [2.05, 4.69) is 5.92 Å². The summed E-state index contributed by atoms with van der Waals surface area (Å²) in [6.45, 7) is 8.18. The molecule has 0 N–H and O–H groups in total. The van der Waals surface area contributed by atoms with Crippen LogP contribution in [0, 0.1) is 17.8 Å². The highest BCUT2D eigenvalue weighted by molar-refractivity contribution is 5.88. The Bertz CT molecular complexity index is 381. The first-order valence-corrected chi connectivity index (χ1v) is 6.13. The van der Waals surface area contributed by atoms with Crippen LogP contribution < -0.4 is 0 Å². The fourth-order valence-corrected chi connectivity index (χ4v) is 1.92. The number of ether oxygens (including phenoxy) is 1. The summed E-state index contributed by atoms with van der Waals surface area (Å²) in [5.41, 5.74) is -0.954. The van der Waals surface area contributed by atoms with Gasteiger partial charge in [0.1, 0.15) is 11.4 Å². The standard InChI is InChI=1S/C14H21NO3/c1-6-7-8-11(16)14(5)9-15(10-14)12(17)18-13(2,3)4/h1H,7-10H2,2-5H3. The highest BCUT2D eigenvalue weighted by atomic mass is 16.6. The monoisotopic (exact) mass is 251 g/mol. The molecular weight excluding hydrogens is 230 g/mol. The Morgan fingerprint density at radius 1 is 1.39 bits per heavy atom. The predicted molar refractivity (Wildman–Crippen MR) is 69.0 cm³/mol. The van der Waals surface area contributed by atoms with Crippen LogP contribution in [0.3, 0.4) is 0 Å². The number of likely N-dealkylation sites (tertiary alicyclic amines) is 1. The largest absolute Gasteiger partial charge is 0.444 e. The number of ketones is 1. The van der Waals surface area contributed by atoms with Gasteiger partial charge in [-0.2, -0.15) is 0 Å². The number of rotatable bonds is 3. The fraction of sp³-hybridized carbons (Fsp3) is 0.714. The molecule has 100 valence electrons. The van der Waals surface area contributed by atoms with E-state index in [1.165, 1.54) is 0 Å². The third kappa shape index (κ3) is 3.49. The maximum Gasteiger partial charge on any atom is 0.410 e. The molecular formula is C14H21NO3. The number of amides is 1. The summed E-state index contributed by atoms with van der Waals surface area (Å²) in [6, 6.07) is 0. The molecule has 4 heteroatoms. The summed E-state index contributed by atoms with van der Waals surface area (Å²) < 4.78 is 5.24. The fourth-order valence-electron chi connectivity index (χ4n) is 1.92. The van der Waals surface area contributed by atoms with E-state index in [1.54, 1.807) is 4.90 Å². The van der Waals surface area contributed by atoms with Crippen molar-refractivity contribution in [1.82, 2.24) is 4.90 Å². The third-order valence-corrected chi connectivity index (χ3v) is 2.90. The van der Waals surface area contributed by atoms with E-state index in [1.807, 2.05) is 27.7 Å². The lowest BCUT2D eigenvalue weighted by atomic mass is 9.76. The Hall–Kier alpha value is -1.50. The molecule has 0 bridgehead atoms. The molecule has 1 aliphatic heterocycles. The SMILES string of the molecule is C#CCCC(=O)C1(C)CN(C(=O)OC(C)(C)C)C1. The Morgan fingerprint density at radius 2 is 1.94 bits per heavy atom. The van der Waals surface area contributed by atoms with E-state index in [9.17, 15) is 9.59 Å². The summed E-state index contributed by atoms with van der Waals surface area (Å²) in [5, 5.41) is 0. The van der Waals surface area contributed by atoms with Gasteiger partial charge >= 0.3 is 6.09 Å². The Balaban J connectivity index is 2.45. The Labute approximate surface area is 109 Å². The zero-order chi connectivity index (χ0) is 14.0. The van der Waals surface area contributed by atoms with Gasteiger partial charge in [0.25, 0.3) is 0 Å². The maximum atomic E-state index is 11.9. The lowest BCUT2D eigenvalue weighted by molar-refractivity contribution is -0.136. The van der Waals surface area contributed by atoms with Gasteiger partial charge in [0, 0.05) is 25.9 Å². The van der Waals surface area contributed by atoms with Crippen molar-refractivity contribution in [2.75, 3.05) is 13.1 Å². The molecule has 1 amide bonds. The molecule has 1 heterocycles. The van der Waals surface area contributed by atoms with E-state index in [0.717, 1.165) is 0 Å². The van der Waals surface area contributed by atoms with E-state index in [-0.39, 0.29) is 11.9 Å². The number of Topliss-reactive ketones (excluding diaryl/α,β-unsaturated/α-hetero) is 1. The van der Waals surface area contributed by atoms with Crippen molar-refractivity contribution in [1.29, 1.82) is 0 Å². The van der Waals surface area contributed by atoms with Gasteiger partial charge in [-0.3, -0.25) is 4.79 Å². The second kappa shape index (κ2) is 5.01. The van der Waals surface area contributed by atoms with Crippen LogP contribution in [0.25, 0.3) is 0 Å². The minimum Gasteiger partial charge on any atom is -0.444 e. The minimum atomic E-state index is -0.503. The van der Waals surface area contributed by atoms with Gasteiger partial charge in [0.15, 0.2) is 0 Å². The molecule has 0 unspecified atom stereocenters. The van der Waals surface area contributed by atoms with Gasteiger partial charge in [0.05, 0.1) is 5.41 Å². The van der Waals surface area contributed by atoms with Gasteiger partial charge in [-0.05, 0) is 27.7 Å². The number of carbonyl (C=O) groups is 2. The first kappa shape index (κ1) is 14.6. The molecule has 0 radical (unpaired) electrons. The first-order valence-electron chi connectivity index (χ1n) is 6.13. The summed E-state index contributed by atoms with van der Waals surface area (Å²) in [4.78, 5) is 25.2. The highest BCUT2D eigenvalue weighted by Gasteiger charge is 2.47. The average Bonchev–Trinajstić information content (AvgIpc) is 2.18. The molecule has 18 heavy (non-hydrogen) atoms. The molecule has 0 aromatic heterocycles. The smallest absolute Gasteiger partial charge is 0.410 e. The maximum absolute atomic E-state index is 11.9. The van der Waals surface area contributed by atoms with Crippen molar-refractivity contribution < 1.29 is 14.3 Å². The number of hydrogen-bond acceptors (Lipinski definition) is 3. The lowest BCUT2D eigenvalue weighted by Gasteiger charge is -2.46. The highest BCUT2D eigenvalue weighted by Crippen LogP contribution is 2.33. The van der Waals surface area contributed by atoms with Crippen molar-refractivity contribution in [2.24, 2.45) is 5.41 Å². The summed E-state index contributed by atoms with van der Waals surface area (Å²) in [5.74, 6) is 2.58. The third-order valence-electron chi connectivity index (χ3n) is 2.90. The normalized spacial score (nSPS) is 17.6. The molecule has 1 aliphatic rings. The van der Waals surface area contributed by atoms with Crippen molar-refractivity contribution in [2.45, 2.75) is 46.1 Å². The van der Waals surface area contributed by atoms with Crippen LogP contribution in [-0.2, 0) is 9.53 Å².